The molecule has 0 aliphatic carbocycles. The molecule has 0 aromatic heterocycles. The first-order valence-electron chi connectivity index (χ1n) is 4.79. The summed E-state index contributed by atoms with van der Waals surface area (Å²) in [5.41, 5.74) is 0.553. The fourth-order valence-corrected chi connectivity index (χ4v) is 1.76. The number of hydrogen-bond acceptors (Lipinski definition) is 4. The Kier molecular flexibility index (Phi) is 4.30. The van der Waals surface area contributed by atoms with E-state index in [1.165, 1.54) is 19.2 Å². The largest absolute Gasteiger partial charge is 0.468 e. The number of sulfone groups is 1. The van der Waals surface area contributed by atoms with Gasteiger partial charge in [-0.3, -0.25) is 4.79 Å². The van der Waals surface area contributed by atoms with Crippen LogP contribution in [0.5, 0.6) is 0 Å². The number of hydrogen-bond donors (Lipinski definition) is 0. The summed E-state index contributed by atoms with van der Waals surface area (Å²) >= 11 is 0. The van der Waals surface area contributed by atoms with Gasteiger partial charge < -0.3 is 4.74 Å². The van der Waals surface area contributed by atoms with Gasteiger partial charge in [-0.15, -0.1) is 0 Å². The van der Waals surface area contributed by atoms with Crippen molar-refractivity contribution < 1.29 is 17.9 Å². The zero-order valence-electron chi connectivity index (χ0n) is 9.56. The lowest BCUT2D eigenvalue weighted by atomic mass is 10.2. The highest BCUT2D eigenvalue weighted by atomic mass is 32.2. The van der Waals surface area contributed by atoms with Gasteiger partial charge in [0.25, 0.3) is 0 Å². The molecule has 17 heavy (non-hydrogen) atoms. The Morgan fingerprint density at radius 1 is 1.41 bits per heavy atom. The minimum Gasteiger partial charge on any atom is -0.468 e. The van der Waals surface area contributed by atoms with Crippen LogP contribution in [0.2, 0.25) is 0 Å². The molecular formula is C12H12O4S. The maximum absolute atomic E-state index is 11.3. The van der Waals surface area contributed by atoms with Crippen molar-refractivity contribution in [2.75, 3.05) is 13.4 Å². The minimum atomic E-state index is -3.23. The maximum Gasteiger partial charge on any atom is 0.317 e. The second-order valence-corrected chi connectivity index (χ2v) is 5.37. The number of carbonyl (C=O) groups excluding carboxylic acids is 1. The lowest BCUT2D eigenvalue weighted by Crippen LogP contribution is -1.98. The van der Waals surface area contributed by atoms with E-state index in [2.05, 4.69) is 16.6 Å². The molecule has 0 bridgehead atoms. The highest BCUT2D eigenvalue weighted by molar-refractivity contribution is 7.90. The molecule has 0 atom stereocenters. The SMILES string of the molecule is COC(=O)CC#Cc1cccc(S(C)(=O)=O)c1. The Balaban J connectivity index is 2.90. The topological polar surface area (TPSA) is 60.4 Å². The van der Waals surface area contributed by atoms with E-state index in [9.17, 15) is 13.2 Å². The predicted molar refractivity (Wildman–Crippen MR) is 63.1 cm³/mol. The van der Waals surface area contributed by atoms with E-state index in [0.29, 0.717) is 5.56 Å². The first-order chi connectivity index (χ1) is 7.93. The number of ether oxygens (including phenoxy) is 1. The van der Waals surface area contributed by atoms with Crippen LogP contribution in [0, 0.1) is 11.8 Å². The van der Waals surface area contributed by atoms with Crippen LogP contribution in [0.15, 0.2) is 29.2 Å². The molecule has 0 N–H and O–H groups in total. The van der Waals surface area contributed by atoms with Gasteiger partial charge in [0.15, 0.2) is 9.84 Å². The molecule has 1 rings (SSSR count). The summed E-state index contributed by atoms with van der Waals surface area (Å²) in [6.07, 6.45) is 1.12. The van der Waals surface area contributed by atoms with E-state index in [1.54, 1.807) is 12.1 Å². The summed E-state index contributed by atoms with van der Waals surface area (Å²) in [7, 11) is -1.94. The number of rotatable bonds is 2. The molecule has 0 aliphatic heterocycles. The molecule has 0 fully saturated rings. The first-order valence-corrected chi connectivity index (χ1v) is 6.68. The Morgan fingerprint density at radius 2 is 2.12 bits per heavy atom. The van der Waals surface area contributed by atoms with Crippen molar-refractivity contribution in [1.82, 2.24) is 0 Å². The molecule has 0 unspecified atom stereocenters. The smallest absolute Gasteiger partial charge is 0.317 e. The van der Waals surface area contributed by atoms with E-state index in [-0.39, 0.29) is 11.3 Å². The highest BCUT2D eigenvalue weighted by Crippen LogP contribution is 2.10. The van der Waals surface area contributed by atoms with E-state index >= 15 is 0 Å². The molecule has 0 aliphatic rings. The molecule has 5 heteroatoms. The fourth-order valence-electron chi connectivity index (χ4n) is 1.10. The van der Waals surface area contributed by atoms with Crippen LogP contribution in [0.4, 0.5) is 0 Å². The van der Waals surface area contributed by atoms with Crippen molar-refractivity contribution in [2.45, 2.75) is 11.3 Å². The van der Waals surface area contributed by atoms with Crippen molar-refractivity contribution in [3.63, 3.8) is 0 Å². The summed E-state index contributed by atoms with van der Waals surface area (Å²) < 4.78 is 27.0. The second kappa shape index (κ2) is 5.51. The van der Waals surface area contributed by atoms with Crippen LogP contribution in [0.25, 0.3) is 0 Å². The van der Waals surface area contributed by atoms with Crippen LogP contribution in [0.3, 0.4) is 0 Å². The van der Waals surface area contributed by atoms with Crippen LogP contribution in [-0.4, -0.2) is 27.8 Å². The Hall–Kier alpha value is -1.80. The molecular weight excluding hydrogens is 240 g/mol. The van der Waals surface area contributed by atoms with Gasteiger partial charge in [-0.2, -0.15) is 0 Å². The number of methoxy groups -OCH3 is 1. The first kappa shape index (κ1) is 13.3. The number of carbonyl (C=O) groups is 1. The standard InChI is InChI=1S/C12H12O4S/c1-16-12(13)8-4-6-10-5-3-7-11(9-10)17(2,14)15/h3,5,7,9H,8H2,1-2H3. The Bertz CT molecular complexity index is 576. The maximum atomic E-state index is 11.3. The average molecular weight is 252 g/mol. The summed E-state index contributed by atoms with van der Waals surface area (Å²) in [5, 5.41) is 0. The van der Waals surface area contributed by atoms with Crippen molar-refractivity contribution in [3.05, 3.63) is 29.8 Å². The average Bonchev–Trinajstić information content (AvgIpc) is 2.28. The van der Waals surface area contributed by atoms with Gasteiger partial charge in [0, 0.05) is 11.8 Å². The summed E-state index contributed by atoms with van der Waals surface area (Å²) in [4.78, 5) is 11.0. The predicted octanol–water partition coefficient (Wildman–Crippen LogP) is 1.00. The number of benzene rings is 1. The van der Waals surface area contributed by atoms with Gasteiger partial charge in [0.1, 0.15) is 6.42 Å². The summed E-state index contributed by atoms with van der Waals surface area (Å²) in [6, 6.07) is 6.26. The third-order valence-corrected chi connectivity index (χ3v) is 3.07. The van der Waals surface area contributed by atoms with Crippen molar-refractivity contribution in [3.8, 4) is 11.8 Å². The third kappa shape index (κ3) is 4.29. The van der Waals surface area contributed by atoms with Crippen molar-refractivity contribution in [2.24, 2.45) is 0 Å². The van der Waals surface area contributed by atoms with Crippen LogP contribution in [-0.2, 0) is 19.4 Å². The molecule has 90 valence electrons. The van der Waals surface area contributed by atoms with Crippen molar-refractivity contribution >= 4 is 15.8 Å². The van der Waals surface area contributed by atoms with Crippen LogP contribution < -0.4 is 0 Å². The third-order valence-electron chi connectivity index (χ3n) is 1.96. The van der Waals surface area contributed by atoms with Crippen molar-refractivity contribution in [1.29, 1.82) is 0 Å². The van der Waals surface area contributed by atoms with E-state index < -0.39 is 15.8 Å². The molecule has 0 radical (unpaired) electrons. The molecule has 1 aromatic carbocycles. The Morgan fingerprint density at radius 3 is 2.71 bits per heavy atom. The van der Waals surface area contributed by atoms with E-state index in [1.807, 2.05) is 0 Å². The van der Waals surface area contributed by atoms with Gasteiger partial charge in [0.05, 0.1) is 12.0 Å². The lowest BCUT2D eigenvalue weighted by molar-refractivity contribution is -0.139. The molecule has 1 aromatic rings. The quantitative estimate of drug-likeness (QED) is 0.582. The highest BCUT2D eigenvalue weighted by Gasteiger charge is 2.06. The van der Waals surface area contributed by atoms with Crippen LogP contribution in [0.1, 0.15) is 12.0 Å². The molecule has 0 spiro atoms. The van der Waals surface area contributed by atoms with Gasteiger partial charge in [-0.25, -0.2) is 8.42 Å². The number of esters is 1. The monoisotopic (exact) mass is 252 g/mol. The normalized spacial score (nSPS) is 10.2. The molecule has 0 saturated heterocycles. The lowest BCUT2D eigenvalue weighted by Gasteiger charge is -1.97. The Labute approximate surface area is 101 Å². The van der Waals surface area contributed by atoms with Gasteiger partial charge >= 0.3 is 5.97 Å². The second-order valence-electron chi connectivity index (χ2n) is 3.35. The summed E-state index contributed by atoms with van der Waals surface area (Å²) in [6.45, 7) is 0. The van der Waals surface area contributed by atoms with E-state index in [0.717, 1.165) is 6.26 Å². The minimum absolute atomic E-state index is 0.0143. The molecule has 0 heterocycles. The van der Waals surface area contributed by atoms with Crippen LogP contribution >= 0.6 is 0 Å². The molecule has 0 amide bonds. The van der Waals surface area contributed by atoms with Gasteiger partial charge in [-0.1, -0.05) is 17.9 Å². The zero-order chi connectivity index (χ0) is 12.9. The molecule has 4 nitrogen and oxygen atoms in total. The fraction of sp³-hybridized carbons (Fsp3) is 0.250. The molecule has 0 saturated carbocycles. The van der Waals surface area contributed by atoms with E-state index in [4.69, 9.17) is 0 Å². The van der Waals surface area contributed by atoms with Gasteiger partial charge in [-0.05, 0) is 18.2 Å². The zero-order valence-corrected chi connectivity index (χ0v) is 10.4. The summed E-state index contributed by atoms with van der Waals surface area (Å²) in [5.74, 6) is 4.90. The van der Waals surface area contributed by atoms with Gasteiger partial charge in [0.2, 0.25) is 0 Å².